The molecule has 0 radical (unpaired) electrons. The Morgan fingerprint density at radius 2 is 1.90 bits per heavy atom. The molecule has 162 valence electrons. The van der Waals surface area contributed by atoms with Crippen molar-refractivity contribution in [3.8, 4) is 28.1 Å². The number of phenolic OH excluding ortho intramolecular Hbond substituents is 1. The van der Waals surface area contributed by atoms with Gasteiger partial charge in [0, 0.05) is 48.9 Å². The third-order valence-corrected chi connectivity index (χ3v) is 5.37. The highest BCUT2D eigenvalue weighted by Crippen LogP contribution is 2.32. The average Bonchev–Trinajstić information content (AvgIpc) is 3.17. The molecule has 1 saturated heterocycles. The van der Waals surface area contributed by atoms with Crippen LogP contribution in [0.5, 0.6) is 5.75 Å². The first-order chi connectivity index (χ1) is 14.7. The van der Waals surface area contributed by atoms with Crippen molar-refractivity contribution in [1.29, 1.82) is 0 Å². The number of aromatic hydroxyl groups is 1. The number of phenols is 1. The second-order valence-electron chi connectivity index (χ2n) is 9.04. The van der Waals surface area contributed by atoms with Crippen molar-refractivity contribution in [3.63, 3.8) is 0 Å². The summed E-state index contributed by atoms with van der Waals surface area (Å²) in [6.07, 6.45) is 2.67. The van der Waals surface area contributed by atoms with Crippen LogP contribution in [0.3, 0.4) is 0 Å². The number of nitrogens with one attached hydrogen (secondary N) is 1. The van der Waals surface area contributed by atoms with Gasteiger partial charge in [-0.1, -0.05) is 6.07 Å². The van der Waals surface area contributed by atoms with Crippen LogP contribution in [0.15, 0.2) is 47.4 Å². The van der Waals surface area contributed by atoms with Gasteiger partial charge in [0.2, 0.25) is 0 Å². The van der Waals surface area contributed by atoms with Gasteiger partial charge in [-0.3, -0.25) is 4.79 Å². The molecule has 1 aromatic carbocycles. The van der Waals surface area contributed by atoms with Crippen LogP contribution in [0.4, 0.5) is 5.82 Å². The van der Waals surface area contributed by atoms with Crippen molar-refractivity contribution in [1.82, 2.24) is 25.3 Å². The van der Waals surface area contributed by atoms with E-state index in [1.54, 1.807) is 25.4 Å². The third-order valence-electron chi connectivity index (χ3n) is 5.37. The van der Waals surface area contributed by atoms with Gasteiger partial charge in [0.15, 0.2) is 5.82 Å². The number of hydrogen-bond donors (Lipinski definition) is 2. The quantitative estimate of drug-likeness (QED) is 0.670. The van der Waals surface area contributed by atoms with Crippen molar-refractivity contribution in [2.45, 2.75) is 38.8 Å². The molecule has 2 N–H and O–H groups in total. The lowest BCUT2D eigenvalue weighted by Crippen LogP contribution is -2.45. The maximum Gasteiger partial charge on any atom is 0.267 e. The molecular weight excluding hydrogens is 392 g/mol. The van der Waals surface area contributed by atoms with Crippen LogP contribution in [-0.2, 0) is 7.05 Å². The molecule has 8 nitrogen and oxygen atoms in total. The van der Waals surface area contributed by atoms with E-state index in [0.717, 1.165) is 25.3 Å². The minimum Gasteiger partial charge on any atom is -0.507 e. The fourth-order valence-electron chi connectivity index (χ4n) is 3.89. The number of hydrogen-bond acceptors (Lipinski definition) is 7. The van der Waals surface area contributed by atoms with Crippen LogP contribution in [0, 0.1) is 0 Å². The Hall–Kier alpha value is -3.26. The van der Waals surface area contributed by atoms with Gasteiger partial charge in [-0.25, -0.2) is 4.68 Å². The van der Waals surface area contributed by atoms with E-state index in [4.69, 9.17) is 0 Å². The third kappa shape index (κ3) is 4.74. The van der Waals surface area contributed by atoms with E-state index in [1.165, 1.54) is 10.7 Å². The number of aryl methyl sites for hydroxylation is 1. The molecule has 4 rings (SSSR count). The number of aromatic nitrogens is 4. The Labute approximate surface area is 181 Å². The lowest BCUT2D eigenvalue weighted by Gasteiger charge is -2.26. The van der Waals surface area contributed by atoms with Crippen LogP contribution in [0.25, 0.3) is 22.4 Å². The second-order valence-corrected chi connectivity index (χ2v) is 9.04. The molecule has 0 spiro atoms. The van der Waals surface area contributed by atoms with Crippen LogP contribution in [0.1, 0.15) is 27.2 Å². The SMILES string of the molecule is Cn1ncc(-c2ccc(-c3ccc(N4CC[C@@H](NC(C)(C)C)C4)nn3)c(O)c2)cc1=O. The normalized spacial score (nSPS) is 16.6. The van der Waals surface area contributed by atoms with Gasteiger partial charge >= 0.3 is 0 Å². The van der Waals surface area contributed by atoms with Crippen LogP contribution >= 0.6 is 0 Å². The number of anilines is 1. The van der Waals surface area contributed by atoms with E-state index >= 15 is 0 Å². The van der Waals surface area contributed by atoms with Crippen molar-refractivity contribution in [2.24, 2.45) is 7.05 Å². The van der Waals surface area contributed by atoms with Crippen molar-refractivity contribution >= 4 is 5.82 Å². The Bertz CT molecular complexity index is 1130. The van der Waals surface area contributed by atoms with Gasteiger partial charge in [-0.05, 0) is 57.0 Å². The van der Waals surface area contributed by atoms with Gasteiger partial charge in [0.05, 0.1) is 11.9 Å². The summed E-state index contributed by atoms with van der Waals surface area (Å²) in [4.78, 5) is 14.1. The lowest BCUT2D eigenvalue weighted by molar-refractivity contribution is 0.373. The first-order valence-electron chi connectivity index (χ1n) is 10.4. The molecule has 31 heavy (non-hydrogen) atoms. The maximum absolute atomic E-state index is 11.8. The average molecular weight is 421 g/mol. The van der Waals surface area contributed by atoms with E-state index in [0.29, 0.717) is 28.4 Å². The molecule has 1 atom stereocenters. The maximum atomic E-state index is 11.8. The molecule has 3 heterocycles. The summed E-state index contributed by atoms with van der Waals surface area (Å²) < 4.78 is 1.26. The summed E-state index contributed by atoms with van der Waals surface area (Å²) in [5, 5.41) is 27.0. The first-order valence-corrected chi connectivity index (χ1v) is 10.4. The van der Waals surface area contributed by atoms with E-state index in [2.05, 4.69) is 46.3 Å². The molecule has 0 aliphatic carbocycles. The second kappa shape index (κ2) is 8.11. The summed E-state index contributed by atoms with van der Waals surface area (Å²) in [5.74, 6) is 0.917. The molecule has 1 aliphatic heterocycles. The van der Waals surface area contributed by atoms with Crippen molar-refractivity contribution in [2.75, 3.05) is 18.0 Å². The molecule has 0 bridgehead atoms. The van der Waals surface area contributed by atoms with E-state index in [1.807, 2.05) is 18.2 Å². The number of rotatable bonds is 4. The summed E-state index contributed by atoms with van der Waals surface area (Å²) in [7, 11) is 1.60. The van der Waals surface area contributed by atoms with Gasteiger partial charge in [-0.15, -0.1) is 10.2 Å². The predicted octanol–water partition coefficient (Wildman–Crippen LogP) is 2.58. The molecule has 0 amide bonds. The highest BCUT2D eigenvalue weighted by atomic mass is 16.3. The van der Waals surface area contributed by atoms with Gasteiger partial charge in [0.1, 0.15) is 5.75 Å². The zero-order valence-electron chi connectivity index (χ0n) is 18.3. The fraction of sp³-hybridized carbons (Fsp3) is 0.391. The van der Waals surface area contributed by atoms with Crippen LogP contribution < -0.4 is 15.8 Å². The minimum atomic E-state index is -0.204. The topological polar surface area (TPSA) is 96.2 Å². The zero-order valence-corrected chi connectivity index (χ0v) is 18.3. The van der Waals surface area contributed by atoms with Crippen LogP contribution in [0.2, 0.25) is 0 Å². The highest BCUT2D eigenvalue weighted by molar-refractivity contribution is 5.74. The predicted molar refractivity (Wildman–Crippen MR) is 121 cm³/mol. The van der Waals surface area contributed by atoms with Crippen LogP contribution in [-0.4, -0.2) is 49.8 Å². The molecule has 2 aromatic heterocycles. The molecule has 8 heteroatoms. The number of benzene rings is 1. The van der Waals surface area contributed by atoms with Gasteiger partial charge < -0.3 is 15.3 Å². The molecular formula is C23H28N6O2. The Balaban J connectivity index is 1.50. The molecule has 0 unspecified atom stereocenters. The molecule has 1 fully saturated rings. The summed E-state index contributed by atoms with van der Waals surface area (Å²) in [6, 6.07) is 11.0. The largest absolute Gasteiger partial charge is 0.507 e. The smallest absolute Gasteiger partial charge is 0.267 e. The van der Waals surface area contributed by atoms with Crippen molar-refractivity contribution in [3.05, 3.63) is 52.9 Å². The Morgan fingerprint density at radius 1 is 1.10 bits per heavy atom. The molecule has 1 aliphatic rings. The standard InChI is InChI=1S/C23H28N6O2/c1-23(2,3)25-17-9-10-29(14-17)21-8-7-19(26-27-21)18-6-5-15(11-20(18)30)16-12-22(31)28(4)24-13-16/h5-8,11-13,17,25,30H,9-10,14H2,1-4H3/t17-/m1/s1. The summed E-state index contributed by atoms with van der Waals surface area (Å²) in [5.41, 5.74) is 2.43. The van der Waals surface area contributed by atoms with E-state index < -0.39 is 0 Å². The Morgan fingerprint density at radius 3 is 2.55 bits per heavy atom. The number of nitrogens with zero attached hydrogens (tertiary/aromatic N) is 5. The highest BCUT2D eigenvalue weighted by Gasteiger charge is 2.26. The zero-order chi connectivity index (χ0) is 22.2. The van der Waals surface area contributed by atoms with E-state index in [-0.39, 0.29) is 16.8 Å². The monoisotopic (exact) mass is 420 g/mol. The fourth-order valence-corrected chi connectivity index (χ4v) is 3.89. The van der Waals surface area contributed by atoms with Gasteiger partial charge in [0.25, 0.3) is 5.56 Å². The van der Waals surface area contributed by atoms with Crippen molar-refractivity contribution < 1.29 is 5.11 Å². The lowest BCUT2D eigenvalue weighted by atomic mass is 10.0. The van der Waals surface area contributed by atoms with Gasteiger partial charge in [-0.2, -0.15) is 5.10 Å². The molecule has 0 saturated carbocycles. The summed E-state index contributed by atoms with van der Waals surface area (Å²) >= 11 is 0. The Kier molecular flexibility index (Phi) is 5.49. The molecule has 3 aromatic rings. The van der Waals surface area contributed by atoms with E-state index in [9.17, 15) is 9.90 Å². The minimum absolute atomic E-state index is 0.0795. The summed E-state index contributed by atoms with van der Waals surface area (Å²) in [6.45, 7) is 8.36. The first kappa shape index (κ1) is 21.0.